The Bertz CT molecular complexity index is 691. The third-order valence-corrected chi connectivity index (χ3v) is 5.64. The molecular weight excluding hydrogens is 350 g/mol. The molecule has 1 aliphatic heterocycles. The molecule has 9 heteroatoms. The molecule has 0 radical (unpaired) electrons. The van der Waals surface area contributed by atoms with Crippen molar-refractivity contribution in [2.24, 2.45) is 5.11 Å². The fourth-order valence-electron chi connectivity index (χ4n) is 2.62. The van der Waals surface area contributed by atoms with E-state index in [4.69, 9.17) is 10.3 Å². The summed E-state index contributed by atoms with van der Waals surface area (Å²) in [6, 6.07) is 2.11. The first-order valence-corrected chi connectivity index (χ1v) is 9.03. The van der Waals surface area contributed by atoms with Crippen molar-refractivity contribution in [2.45, 2.75) is 50.5 Å². The molecule has 0 spiro atoms. The second-order valence-corrected chi connectivity index (χ2v) is 9.19. The molecule has 0 bridgehead atoms. The van der Waals surface area contributed by atoms with Gasteiger partial charge in [0.05, 0.1) is 12.6 Å². The molecule has 3 atom stereocenters. The second-order valence-electron chi connectivity index (χ2n) is 7.19. The lowest BCUT2D eigenvalue weighted by atomic mass is 9.96. The van der Waals surface area contributed by atoms with Gasteiger partial charge in [0.15, 0.2) is 0 Å². The van der Waals surface area contributed by atoms with Crippen LogP contribution < -0.4 is 9.46 Å². The van der Waals surface area contributed by atoms with Crippen molar-refractivity contribution in [1.82, 2.24) is 4.72 Å². The lowest BCUT2D eigenvalue weighted by Gasteiger charge is -2.28. The van der Waals surface area contributed by atoms with E-state index < -0.39 is 40.2 Å². The first kappa shape index (κ1) is 19.8. The van der Waals surface area contributed by atoms with E-state index in [9.17, 15) is 13.3 Å². The zero-order chi connectivity index (χ0) is 18.8. The number of ether oxygens (including phenoxy) is 1. The number of hydrogen-bond acceptors (Lipinski definition) is 4. The van der Waals surface area contributed by atoms with Gasteiger partial charge in [0.1, 0.15) is 28.6 Å². The van der Waals surface area contributed by atoms with Crippen LogP contribution in [0.25, 0.3) is 10.4 Å². The van der Waals surface area contributed by atoms with E-state index in [1.807, 2.05) is 20.8 Å². The van der Waals surface area contributed by atoms with Gasteiger partial charge in [-0.05, 0) is 45.4 Å². The molecule has 1 aromatic rings. The molecule has 1 heterocycles. The van der Waals surface area contributed by atoms with Gasteiger partial charge < -0.3 is 9.29 Å². The molecule has 1 aliphatic rings. The van der Waals surface area contributed by atoms with Crippen molar-refractivity contribution in [3.63, 3.8) is 0 Å². The predicted octanol–water partition coefficient (Wildman–Crippen LogP) is 3.89. The minimum atomic E-state index is -1.37. The maximum Gasteiger partial charge on any atom is 0.147 e. The van der Waals surface area contributed by atoms with E-state index in [1.54, 1.807) is 6.92 Å². The summed E-state index contributed by atoms with van der Waals surface area (Å²) in [6.45, 7) is 6.16. The van der Waals surface area contributed by atoms with E-state index in [0.717, 1.165) is 0 Å². The third-order valence-electron chi connectivity index (χ3n) is 3.96. The summed E-state index contributed by atoms with van der Waals surface area (Å²) < 4.78 is 48.1. The summed E-state index contributed by atoms with van der Waals surface area (Å²) in [5.41, 5.74) is 8.14. The standard InChI is InChI=1S/C16H22F2N4O2S/c1-10(21-25(23)15(2,3)4)13-6-12(18)5-11-7-16(8-17,9-20-22-19)24-14(11)13/h5-6,10,21H,7-9H2,1-4H3/t10?,16?,25-/m1/s1. The number of fused-ring (bicyclic) bond motifs is 1. The second kappa shape index (κ2) is 7.37. The summed E-state index contributed by atoms with van der Waals surface area (Å²) in [5.74, 6) is -0.121. The van der Waals surface area contributed by atoms with Crippen molar-refractivity contribution in [3.8, 4) is 5.75 Å². The van der Waals surface area contributed by atoms with Crippen molar-refractivity contribution in [2.75, 3.05) is 13.2 Å². The predicted molar refractivity (Wildman–Crippen MR) is 92.9 cm³/mol. The number of nitrogens with zero attached hydrogens (tertiary/aromatic N) is 3. The maximum absolute atomic E-state index is 14.0. The van der Waals surface area contributed by atoms with Gasteiger partial charge in [0.2, 0.25) is 0 Å². The summed E-state index contributed by atoms with van der Waals surface area (Å²) in [6.07, 6.45) is 0.109. The molecule has 1 aromatic carbocycles. The lowest BCUT2D eigenvalue weighted by molar-refractivity contribution is 0.0719. The van der Waals surface area contributed by atoms with E-state index in [-0.39, 0.29) is 13.0 Å². The van der Waals surface area contributed by atoms with E-state index in [1.165, 1.54) is 12.1 Å². The monoisotopic (exact) mass is 372 g/mol. The minimum Gasteiger partial charge on any atom is -0.598 e. The average Bonchev–Trinajstić information content (AvgIpc) is 2.90. The van der Waals surface area contributed by atoms with Gasteiger partial charge >= 0.3 is 0 Å². The van der Waals surface area contributed by atoms with Crippen molar-refractivity contribution < 1.29 is 18.1 Å². The number of rotatable bonds is 6. The Labute approximate surface area is 148 Å². The van der Waals surface area contributed by atoms with Crippen molar-refractivity contribution >= 4 is 11.4 Å². The van der Waals surface area contributed by atoms with Crippen LogP contribution in [0.2, 0.25) is 0 Å². The average molecular weight is 372 g/mol. The number of halogens is 2. The Hall–Kier alpha value is -1.54. The van der Waals surface area contributed by atoms with Crippen LogP contribution in [0.4, 0.5) is 8.78 Å². The van der Waals surface area contributed by atoms with Gasteiger partial charge in [0.25, 0.3) is 0 Å². The smallest absolute Gasteiger partial charge is 0.147 e. The molecule has 138 valence electrons. The van der Waals surface area contributed by atoms with Crippen LogP contribution >= 0.6 is 0 Å². The number of azide groups is 1. The fourth-order valence-corrected chi connectivity index (χ4v) is 3.42. The molecule has 0 aromatic heterocycles. The number of hydrogen-bond donors (Lipinski definition) is 1. The molecule has 0 amide bonds. The zero-order valence-electron chi connectivity index (χ0n) is 14.7. The SMILES string of the molecule is CC(N[S@+]([O-])C(C)(C)C)c1cc(F)cc2c1OC(CF)(CN=[N+]=[N-])C2. The molecule has 25 heavy (non-hydrogen) atoms. The van der Waals surface area contributed by atoms with Crippen molar-refractivity contribution in [1.29, 1.82) is 0 Å². The molecule has 0 saturated heterocycles. The summed E-state index contributed by atoms with van der Waals surface area (Å²) in [5, 5.41) is 3.42. The summed E-state index contributed by atoms with van der Waals surface area (Å²) >= 11 is -1.37. The van der Waals surface area contributed by atoms with Gasteiger partial charge in [-0.25, -0.2) is 8.78 Å². The zero-order valence-corrected chi connectivity index (χ0v) is 15.5. The lowest BCUT2D eigenvalue weighted by Crippen LogP contribution is -2.41. The highest BCUT2D eigenvalue weighted by Gasteiger charge is 2.42. The summed E-state index contributed by atoms with van der Waals surface area (Å²) in [4.78, 5) is 2.65. The fraction of sp³-hybridized carbons (Fsp3) is 0.625. The van der Waals surface area contributed by atoms with Crippen LogP contribution in [0, 0.1) is 5.82 Å². The number of benzene rings is 1. The molecule has 2 rings (SSSR count). The molecule has 1 N–H and O–H groups in total. The number of alkyl halides is 1. The van der Waals surface area contributed by atoms with Crippen LogP contribution in [0.15, 0.2) is 17.2 Å². The number of nitrogens with one attached hydrogen (secondary N) is 1. The van der Waals surface area contributed by atoms with Crippen LogP contribution in [-0.2, 0) is 17.8 Å². The van der Waals surface area contributed by atoms with Gasteiger partial charge in [-0.1, -0.05) is 5.11 Å². The molecule has 0 aliphatic carbocycles. The molecular formula is C16H22F2N4O2S. The van der Waals surface area contributed by atoms with Crippen LogP contribution in [0.5, 0.6) is 5.75 Å². The molecule has 0 fully saturated rings. The van der Waals surface area contributed by atoms with Crippen LogP contribution in [0.3, 0.4) is 0 Å². The largest absolute Gasteiger partial charge is 0.598 e. The maximum atomic E-state index is 14.0. The first-order chi connectivity index (χ1) is 11.6. The van der Waals surface area contributed by atoms with E-state index in [0.29, 0.717) is 16.9 Å². The van der Waals surface area contributed by atoms with Gasteiger partial charge in [-0.2, -0.15) is 0 Å². The highest BCUT2D eigenvalue weighted by Crippen LogP contribution is 2.41. The molecule has 2 unspecified atom stereocenters. The van der Waals surface area contributed by atoms with Gasteiger partial charge in [-0.15, -0.1) is 4.72 Å². The Morgan fingerprint density at radius 1 is 1.52 bits per heavy atom. The van der Waals surface area contributed by atoms with Gasteiger partial charge in [-0.3, -0.25) is 0 Å². The van der Waals surface area contributed by atoms with Crippen molar-refractivity contribution in [3.05, 3.63) is 39.5 Å². The Morgan fingerprint density at radius 3 is 2.76 bits per heavy atom. The first-order valence-electron chi connectivity index (χ1n) is 7.88. The minimum absolute atomic E-state index is 0.109. The highest BCUT2D eigenvalue weighted by molar-refractivity contribution is 7.90. The Kier molecular flexibility index (Phi) is 5.83. The van der Waals surface area contributed by atoms with E-state index in [2.05, 4.69) is 14.7 Å². The Balaban J connectivity index is 2.33. The molecule has 6 nitrogen and oxygen atoms in total. The summed E-state index contributed by atoms with van der Waals surface area (Å²) in [7, 11) is 0. The van der Waals surface area contributed by atoms with Gasteiger partial charge in [0, 0.05) is 33.8 Å². The normalized spacial score (nSPS) is 21.9. The van der Waals surface area contributed by atoms with Crippen LogP contribution in [-0.4, -0.2) is 28.1 Å². The van der Waals surface area contributed by atoms with E-state index >= 15 is 0 Å². The third kappa shape index (κ3) is 4.36. The quantitative estimate of drug-likeness (QED) is 0.355. The van der Waals surface area contributed by atoms with Crippen LogP contribution in [0.1, 0.15) is 44.9 Å². The molecule has 0 saturated carbocycles. The Morgan fingerprint density at radius 2 is 2.20 bits per heavy atom. The topological polar surface area (TPSA) is 93.1 Å². The highest BCUT2D eigenvalue weighted by atomic mass is 32.2.